The Morgan fingerprint density at radius 1 is 1.38 bits per heavy atom. The molecule has 0 saturated heterocycles. The standard InChI is InChI=1S/C14H18N4O3/c1-3-9-4-5-10(8(9)2)15-11-6-7-12(18(19)20)14-13(11)16-21-17-14/h6-10,15H,3-5H2,1-2H3. The van der Waals surface area contributed by atoms with Crippen molar-refractivity contribution in [2.45, 2.75) is 39.2 Å². The summed E-state index contributed by atoms with van der Waals surface area (Å²) in [6, 6.07) is 3.50. The number of nitro groups is 1. The number of rotatable bonds is 4. The molecular formula is C14H18N4O3. The Hall–Kier alpha value is -2.18. The lowest BCUT2D eigenvalue weighted by Crippen LogP contribution is -2.24. The number of nitrogens with one attached hydrogen (secondary N) is 1. The fourth-order valence-corrected chi connectivity index (χ4v) is 3.34. The van der Waals surface area contributed by atoms with Gasteiger partial charge in [-0.2, -0.15) is 0 Å². The van der Waals surface area contributed by atoms with Crippen molar-refractivity contribution in [2.75, 3.05) is 5.32 Å². The number of nitro benzene ring substituents is 1. The lowest BCUT2D eigenvalue weighted by molar-refractivity contribution is -0.383. The second kappa shape index (κ2) is 5.31. The third kappa shape index (κ3) is 2.32. The van der Waals surface area contributed by atoms with Crippen molar-refractivity contribution < 1.29 is 9.55 Å². The maximum Gasteiger partial charge on any atom is 0.300 e. The minimum Gasteiger partial charge on any atom is -0.380 e. The van der Waals surface area contributed by atoms with Gasteiger partial charge in [0.1, 0.15) is 0 Å². The monoisotopic (exact) mass is 290 g/mol. The molecule has 3 atom stereocenters. The van der Waals surface area contributed by atoms with Crippen LogP contribution in [0.4, 0.5) is 11.4 Å². The molecule has 21 heavy (non-hydrogen) atoms. The van der Waals surface area contributed by atoms with E-state index in [4.69, 9.17) is 0 Å². The molecule has 3 unspecified atom stereocenters. The number of benzene rings is 1. The van der Waals surface area contributed by atoms with Crippen molar-refractivity contribution in [1.82, 2.24) is 10.3 Å². The van der Waals surface area contributed by atoms with E-state index in [2.05, 4.69) is 34.1 Å². The van der Waals surface area contributed by atoms with E-state index in [-0.39, 0.29) is 11.2 Å². The summed E-state index contributed by atoms with van der Waals surface area (Å²) in [5.41, 5.74) is 1.30. The first-order chi connectivity index (χ1) is 10.1. The first-order valence-corrected chi connectivity index (χ1v) is 7.28. The van der Waals surface area contributed by atoms with Gasteiger partial charge in [-0.25, -0.2) is 4.63 Å². The van der Waals surface area contributed by atoms with Gasteiger partial charge >= 0.3 is 5.69 Å². The lowest BCUT2D eigenvalue weighted by Gasteiger charge is -2.21. The van der Waals surface area contributed by atoms with Gasteiger partial charge in [-0.1, -0.05) is 20.3 Å². The molecule has 0 aliphatic heterocycles. The molecule has 1 N–H and O–H groups in total. The van der Waals surface area contributed by atoms with E-state index in [1.807, 2.05) is 0 Å². The van der Waals surface area contributed by atoms with Crippen LogP contribution in [0.25, 0.3) is 11.0 Å². The molecule has 7 heteroatoms. The predicted molar refractivity (Wildman–Crippen MR) is 78.0 cm³/mol. The maximum atomic E-state index is 11.0. The molecule has 2 aromatic rings. The normalized spacial score (nSPS) is 25.3. The summed E-state index contributed by atoms with van der Waals surface area (Å²) >= 11 is 0. The Balaban J connectivity index is 1.90. The first-order valence-electron chi connectivity index (χ1n) is 7.28. The minimum atomic E-state index is -0.471. The molecule has 3 rings (SSSR count). The second-order valence-corrected chi connectivity index (χ2v) is 5.71. The van der Waals surface area contributed by atoms with E-state index in [0.717, 1.165) is 18.0 Å². The van der Waals surface area contributed by atoms with Gasteiger partial charge in [-0.3, -0.25) is 10.1 Å². The topological polar surface area (TPSA) is 94.1 Å². The van der Waals surface area contributed by atoms with Crippen molar-refractivity contribution in [3.05, 3.63) is 22.2 Å². The summed E-state index contributed by atoms with van der Waals surface area (Å²) in [6.45, 7) is 4.47. The molecule has 112 valence electrons. The molecule has 1 heterocycles. The quantitative estimate of drug-likeness (QED) is 0.685. The number of nitrogens with zero attached hydrogens (tertiary/aromatic N) is 3. The molecule has 0 bridgehead atoms. The van der Waals surface area contributed by atoms with E-state index < -0.39 is 4.92 Å². The van der Waals surface area contributed by atoms with Crippen LogP contribution in [-0.2, 0) is 0 Å². The van der Waals surface area contributed by atoms with E-state index >= 15 is 0 Å². The lowest BCUT2D eigenvalue weighted by atomic mass is 9.93. The smallest absolute Gasteiger partial charge is 0.300 e. The zero-order valence-electron chi connectivity index (χ0n) is 12.1. The molecule has 7 nitrogen and oxygen atoms in total. The molecule has 1 fully saturated rings. The van der Waals surface area contributed by atoms with E-state index in [1.165, 1.54) is 18.9 Å². The van der Waals surface area contributed by atoms with Gasteiger partial charge in [-0.15, -0.1) is 0 Å². The van der Waals surface area contributed by atoms with Gasteiger partial charge in [-0.05, 0) is 41.1 Å². The van der Waals surface area contributed by atoms with Crippen LogP contribution in [0.2, 0.25) is 0 Å². The Morgan fingerprint density at radius 2 is 2.14 bits per heavy atom. The molecule has 1 aromatic carbocycles. The van der Waals surface area contributed by atoms with Crippen LogP contribution in [0.15, 0.2) is 16.8 Å². The zero-order chi connectivity index (χ0) is 15.0. The number of anilines is 1. The molecule has 0 radical (unpaired) electrons. The third-order valence-corrected chi connectivity index (χ3v) is 4.68. The molecule has 0 amide bonds. The van der Waals surface area contributed by atoms with Crippen molar-refractivity contribution >= 4 is 22.4 Å². The predicted octanol–water partition coefficient (Wildman–Crippen LogP) is 3.37. The largest absolute Gasteiger partial charge is 0.380 e. The summed E-state index contributed by atoms with van der Waals surface area (Å²) in [4.78, 5) is 10.5. The van der Waals surface area contributed by atoms with Gasteiger partial charge < -0.3 is 5.32 Å². The average molecular weight is 290 g/mol. The number of fused-ring (bicyclic) bond motifs is 1. The van der Waals surface area contributed by atoms with Crippen LogP contribution in [0.3, 0.4) is 0 Å². The van der Waals surface area contributed by atoms with Crippen LogP contribution in [0.1, 0.15) is 33.1 Å². The summed E-state index contributed by atoms with van der Waals surface area (Å²) in [5, 5.41) is 21.9. The van der Waals surface area contributed by atoms with Gasteiger partial charge in [0.15, 0.2) is 5.52 Å². The highest BCUT2D eigenvalue weighted by Crippen LogP contribution is 2.37. The van der Waals surface area contributed by atoms with Gasteiger partial charge in [0.2, 0.25) is 5.52 Å². The first kappa shape index (κ1) is 13.8. The highest BCUT2D eigenvalue weighted by atomic mass is 16.6. The molecule has 1 aliphatic carbocycles. The molecule has 0 spiro atoms. The summed E-state index contributed by atoms with van der Waals surface area (Å²) in [6.07, 6.45) is 3.49. The Bertz CT molecular complexity index is 669. The van der Waals surface area contributed by atoms with Crippen molar-refractivity contribution in [3.8, 4) is 0 Å². The van der Waals surface area contributed by atoms with Crippen LogP contribution < -0.4 is 5.32 Å². The SMILES string of the molecule is CCC1CCC(Nc2ccc([N+](=O)[O-])c3nonc23)C1C. The fraction of sp³-hybridized carbons (Fsp3) is 0.571. The number of aromatic nitrogens is 2. The molecular weight excluding hydrogens is 272 g/mol. The third-order valence-electron chi connectivity index (χ3n) is 4.68. The molecule has 1 saturated carbocycles. The summed E-state index contributed by atoms with van der Waals surface area (Å²) < 4.78 is 4.69. The Labute approximate surface area is 121 Å². The van der Waals surface area contributed by atoms with E-state index in [0.29, 0.717) is 17.5 Å². The summed E-state index contributed by atoms with van der Waals surface area (Å²) in [7, 11) is 0. The molecule has 1 aromatic heterocycles. The molecule has 1 aliphatic rings. The number of hydrogen-bond acceptors (Lipinski definition) is 6. The van der Waals surface area contributed by atoms with Gasteiger partial charge in [0.05, 0.1) is 10.6 Å². The van der Waals surface area contributed by atoms with E-state index in [9.17, 15) is 10.1 Å². The minimum absolute atomic E-state index is 0.0808. The average Bonchev–Trinajstić information content (AvgIpc) is 3.07. The van der Waals surface area contributed by atoms with Gasteiger partial charge in [0, 0.05) is 12.1 Å². The number of non-ortho nitro benzene ring substituents is 1. The Kier molecular flexibility index (Phi) is 3.48. The fourth-order valence-electron chi connectivity index (χ4n) is 3.34. The van der Waals surface area contributed by atoms with Crippen LogP contribution in [0.5, 0.6) is 0 Å². The maximum absolute atomic E-state index is 11.0. The van der Waals surface area contributed by atoms with Gasteiger partial charge in [0.25, 0.3) is 0 Å². The van der Waals surface area contributed by atoms with Crippen molar-refractivity contribution in [2.24, 2.45) is 11.8 Å². The second-order valence-electron chi connectivity index (χ2n) is 5.71. The summed E-state index contributed by atoms with van der Waals surface area (Å²) in [5.74, 6) is 1.30. The van der Waals surface area contributed by atoms with Crippen LogP contribution >= 0.6 is 0 Å². The van der Waals surface area contributed by atoms with Crippen LogP contribution in [0, 0.1) is 22.0 Å². The van der Waals surface area contributed by atoms with Crippen molar-refractivity contribution in [1.29, 1.82) is 0 Å². The van der Waals surface area contributed by atoms with Crippen molar-refractivity contribution in [3.63, 3.8) is 0 Å². The highest BCUT2D eigenvalue weighted by molar-refractivity contribution is 5.93. The van der Waals surface area contributed by atoms with Crippen LogP contribution in [-0.4, -0.2) is 21.3 Å². The zero-order valence-corrected chi connectivity index (χ0v) is 12.1. The number of hydrogen-bond donors (Lipinski definition) is 1. The van der Waals surface area contributed by atoms with E-state index in [1.54, 1.807) is 6.07 Å². The Morgan fingerprint density at radius 3 is 2.81 bits per heavy atom. The highest BCUT2D eigenvalue weighted by Gasteiger charge is 2.32.